The first-order chi connectivity index (χ1) is 12.1. The van der Waals surface area contributed by atoms with Gasteiger partial charge >= 0.3 is 5.97 Å². The smallest absolute Gasteiger partial charge is 0.333 e. The van der Waals surface area contributed by atoms with Crippen LogP contribution in [0.4, 0.5) is 0 Å². The molecule has 25 heavy (non-hydrogen) atoms. The van der Waals surface area contributed by atoms with E-state index in [2.05, 4.69) is 0 Å². The highest BCUT2D eigenvalue weighted by molar-refractivity contribution is 6.20. The highest BCUT2D eigenvalue weighted by Gasteiger charge is 2.38. The molecule has 2 aromatic rings. The van der Waals surface area contributed by atoms with Crippen LogP contribution in [0.25, 0.3) is 0 Å². The van der Waals surface area contributed by atoms with E-state index in [1.54, 1.807) is 12.1 Å². The molecule has 0 aliphatic carbocycles. The van der Waals surface area contributed by atoms with Gasteiger partial charge in [-0.1, -0.05) is 34.9 Å². The Hall–Kier alpha value is -3.15. The number of hydroxylamine groups is 2. The number of ether oxygens (including phenoxy) is 1. The van der Waals surface area contributed by atoms with Crippen LogP contribution < -0.4 is 4.74 Å². The second kappa shape index (κ2) is 7.17. The van der Waals surface area contributed by atoms with E-state index in [1.807, 2.05) is 31.2 Å². The largest absolute Gasteiger partial charge is 0.494 e. The van der Waals surface area contributed by atoms with E-state index in [0.29, 0.717) is 18.1 Å². The second-order valence-electron chi connectivity index (χ2n) is 5.68. The monoisotopic (exact) mass is 339 g/mol. The second-order valence-corrected chi connectivity index (χ2v) is 5.68. The van der Waals surface area contributed by atoms with Crippen molar-refractivity contribution < 1.29 is 24.0 Å². The first kappa shape index (κ1) is 16.7. The van der Waals surface area contributed by atoms with Crippen molar-refractivity contribution in [2.24, 2.45) is 0 Å². The van der Waals surface area contributed by atoms with Gasteiger partial charge in [0, 0.05) is 0 Å². The summed E-state index contributed by atoms with van der Waals surface area (Å²) in [4.78, 5) is 41.0. The Bertz CT molecular complexity index is 778. The van der Waals surface area contributed by atoms with Crippen LogP contribution in [0.15, 0.2) is 48.5 Å². The minimum atomic E-state index is -0.651. The summed E-state index contributed by atoms with van der Waals surface area (Å²) in [6.45, 7) is 2.32. The van der Waals surface area contributed by atoms with Gasteiger partial charge in [0.25, 0.3) is 11.8 Å². The highest BCUT2D eigenvalue weighted by Crippen LogP contribution is 2.23. The minimum absolute atomic E-state index is 0.0409. The summed E-state index contributed by atoms with van der Waals surface area (Å²) in [5.74, 6) is -1.17. The minimum Gasteiger partial charge on any atom is -0.494 e. The number of hydrogen-bond donors (Lipinski definition) is 0. The van der Waals surface area contributed by atoms with E-state index in [0.717, 1.165) is 11.3 Å². The topological polar surface area (TPSA) is 72.9 Å². The quantitative estimate of drug-likeness (QED) is 0.598. The predicted octanol–water partition coefficient (Wildman–Crippen LogP) is 2.91. The Balaban J connectivity index is 1.46. The molecule has 1 aliphatic heterocycles. The first-order valence-electron chi connectivity index (χ1n) is 7.94. The Morgan fingerprint density at radius 3 is 2.16 bits per heavy atom. The average molecular weight is 339 g/mol. The van der Waals surface area contributed by atoms with Gasteiger partial charge in [0.1, 0.15) is 5.75 Å². The molecule has 0 saturated carbocycles. The predicted molar refractivity (Wildman–Crippen MR) is 88.9 cm³/mol. The van der Waals surface area contributed by atoms with Gasteiger partial charge in [-0.2, -0.15) is 0 Å². The lowest BCUT2D eigenvalue weighted by molar-refractivity contribution is -0.168. The van der Waals surface area contributed by atoms with Gasteiger partial charge in [-0.25, -0.2) is 4.79 Å². The number of rotatable bonds is 6. The Morgan fingerprint density at radius 1 is 0.960 bits per heavy atom. The summed E-state index contributed by atoms with van der Waals surface area (Å²) in [6.07, 6.45) is 0.454. The van der Waals surface area contributed by atoms with Gasteiger partial charge < -0.3 is 9.57 Å². The standard InChI is InChI=1S/C19H17NO5/c1-13-8-10-14(11-9-13)24-12-4-7-17(21)25-20-18(22)15-5-2-3-6-16(15)19(20)23/h2-3,5-6,8-11H,4,7,12H2,1H3. The molecule has 2 aromatic carbocycles. The molecule has 0 atom stereocenters. The normalized spacial score (nSPS) is 12.9. The van der Waals surface area contributed by atoms with Crippen molar-refractivity contribution in [1.82, 2.24) is 5.06 Å². The maximum atomic E-state index is 12.1. The van der Waals surface area contributed by atoms with E-state index in [9.17, 15) is 14.4 Å². The summed E-state index contributed by atoms with van der Waals surface area (Å²) in [5.41, 5.74) is 1.61. The van der Waals surface area contributed by atoms with Crippen LogP contribution in [0.5, 0.6) is 5.75 Å². The lowest BCUT2D eigenvalue weighted by Gasteiger charge is -2.12. The molecule has 0 radical (unpaired) electrons. The van der Waals surface area contributed by atoms with Crippen LogP contribution >= 0.6 is 0 Å². The number of hydrogen-bond acceptors (Lipinski definition) is 5. The molecule has 3 rings (SSSR count). The number of carbonyl (C=O) groups excluding carboxylic acids is 3. The van der Waals surface area contributed by atoms with E-state index < -0.39 is 17.8 Å². The molecule has 0 saturated heterocycles. The van der Waals surface area contributed by atoms with Crippen LogP contribution in [0, 0.1) is 6.92 Å². The van der Waals surface area contributed by atoms with Gasteiger partial charge in [0.2, 0.25) is 0 Å². The lowest BCUT2D eigenvalue weighted by atomic mass is 10.1. The maximum Gasteiger partial charge on any atom is 0.333 e. The van der Waals surface area contributed by atoms with Crippen molar-refractivity contribution in [1.29, 1.82) is 0 Å². The molecule has 6 nitrogen and oxygen atoms in total. The summed E-state index contributed by atoms with van der Waals surface area (Å²) >= 11 is 0. The lowest BCUT2D eigenvalue weighted by Crippen LogP contribution is -2.32. The number of fused-ring (bicyclic) bond motifs is 1. The average Bonchev–Trinajstić information content (AvgIpc) is 2.86. The molecular weight excluding hydrogens is 322 g/mol. The zero-order valence-electron chi connectivity index (χ0n) is 13.7. The van der Waals surface area contributed by atoms with Crippen molar-refractivity contribution in [3.8, 4) is 5.75 Å². The Morgan fingerprint density at radius 2 is 1.56 bits per heavy atom. The third-order valence-corrected chi connectivity index (χ3v) is 3.76. The number of benzene rings is 2. The van der Waals surface area contributed by atoms with Gasteiger partial charge in [-0.05, 0) is 37.6 Å². The molecule has 0 aromatic heterocycles. The van der Waals surface area contributed by atoms with Crippen LogP contribution in [0.3, 0.4) is 0 Å². The molecule has 1 heterocycles. The summed E-state index contributed by atoms with van der Waals surface area (Å²) in [6, 6.07) is 13.9. The van der Waals surface area contributed by atoms with Crippen LogP contribution in [-0.4, -0.2) is 29.5 Å². The van der Waals surface area contributed by atoms with Crippen molar-refractivity contribution in [2.45, 2.75) is 19.8 Å². The SMILES string of the molecule is Cc1ccc(OCCCC(=O)ON2C(=O)c3ccccc3C2=O)cc1. The molecule has 0 N–H and O–H groups in total. The molecule has 1 aliphatic rings. The molecule has 6 heteroatoms. The van der Waals surface area contributed by atoms with Gasteiger partial charge in [-0.15, -0.1) is 0 Å². The van der Waals surface area contributed by atoms with Crippen molar-refractivity contribution in [3.63, 3.8) is 0 Å². The number of amides is 2. The molecule has 128 valence electrons. The fraction of sp³-hybridized carbons (Fsp3) is 0.211. The number of imide groups is 1. The third-order valence-electron chi connectivity index (χ3n) is 3.76. The fourth-order valence-electron chi connectivity index (χ4n) is 2.44. The van der Waals surface area contributed by atoms with Crippen molar-refractivity contribution in [2.75, 3.05) is 6.61 Å². The Kier molecular flexibility index (Phi) is 4.79. The zero-order valence-corrected chi connectivity index (χ0v) is 13.7. The van der Waals surface area contributed by atoms with Crippen molar-refractivity contribution in [3.05, 3.63) is 65.2 Å². The maximum absolute atomic E-state index is 12.1. The third kappa shape index (κ3) is 3.68. The van der Waals surface area contributed by atoms with E-state index in [-0.39, 0.29) is 17.5 Å². The molecule has 2 amide bonds. The summed E-state index contributed by atoms with van der Waals surface area (Å²) in [5, 5.41) is 0.522. The first-order valence-corrected chi connectivity index (χ1v) is 7.94. The molecule has 0 unspecified atom stereocenters. The Labute approximate surface area is 144 Å². The zero-order chi connectivity index (χ0) is 17.8. The van der Waals surface area contributed by atoms with Crippen molar-refractivity contribution >= 4 is 17.8 Å². The van der Waals surface area contributed by atoms with E-state index >= 15 is 0 Å². The van der Waals surface area contributed by atoms with E-state index in [4.69, 9.17) is 9.57 Å². The van der Waals surface area contributed by atoms with Gasteiger partial charge in [0.05, 0.1) is 24.2 Å². The van der Waals surface area contributed by atoms with Crippen LogP contribution in [0.2, 0.25) is 0 Å². The number of carbonyl (C=O) groups is 3. The summed E-state index contributed by atoms with van der Waals surface area (Å²) in [7, 11) is 0. The number of nitrogens with zero attached hydrogens (tertiary/aromatic N) is 1. The molecule has 0 fully saturated rings. The summed E-state index contributed by atoms with van der Waals surface area (Å²) < 4.78 is 5.52. The van der Waals surface area contributed by atoms with Crippen LogP contribution in [-0.2, 0) is 9.63 Å². The molecular formula is C19H17NO5. The van der Waals surface area contributed by atoms with E-state index in [1.165, 1.54) is 12.1 Å². The highest BCUT2D eigenvalue weighted by atomic mass is 16.7. The van der Waals surface area contributed by atoms with Crippen LogP contribution in [0.1, 0.15) is 39.1 Å². The fourth-order valence-corrected chi connectivity index (χ4v) is 2.44. The van der Waals surface area contributed by atoms with Gasteiger partial charge in [0.15, 0.2) is 0 Å². The molecule has 0 spiro atoms. The van der Waals surface area contributed by atoms with Gasteiger partial charge in [-0.3, -0.25) is 9.59 Å². The molecule has 0 bridgehead atoms. The number of aryl methyl sites for hydroxylation is 1.